The van der Waals surface area contributed by atoms with E-state index in [0.717, 1.165) is 16.3 Å². The van der Waals surface area contributed by atoms with E-state index in [2.05, 4.69) is 10.5 Å². The number of carbonyl (C=O) groups excluding carboxylic acids is 1. The summed E-state index contributed by atoms with van der Waals surface area (Å²) in [4.78, 5) is 23.0. The number of hydrazone groups is 1. The molecule has 0 heterocycles. The molecule has 1 amide bonds. The van der Waals surface area contributed by atoms with Gasteiger partial charge in [0.05, 0.1) is 12.1 Å². The van der Waals surface area contributed by atoms with Gasteiger partial charge in [-0.1, -0.05) is 60.7 Å². The molecule has 3 rings (SSSR count). The summed E-state index contributed by atoms with van der Waals surface area (Å²) in [6.07, 6.45) is 0.141. The molecule has 142 valence electrons. The van der Waals surface area contributed by atoms with Crippen LogP contribution in [-0.2, 0) is 9.59 Å². The third-order valence-corrected chi connectivity index (χ3v) is 4.09. The molecule has 0 bridgehead atoms. The summed E-state index contributed by atoms with van der Waals surface area (Å²) in [6, 6.07) is 22.6. The number of hydrogen-bond donors (Lipinski definition) is 2. The van der Waals surface area contributed by atoms with Gasteiger partial charge in [-0.15, -0.1) is 0 Å². The first-order valence-electron chi connectivity index (χ1n) is 8.86. The van der Waals surface area contributed by atoms with Crippen LogP contribution in [0.15, 0.2) is 77.9 Å². The van der Waals surface area contributed by atoms with E-state index in [9.17, 15) is 9.59 Å². The Bertz CT molecular complexity index is 1000. The lowest BCUT2D eigenvalue weighted by atomic mass is 10.1. The van der Waals surface area contributed by atoms with Gasteiger partial charge in [0.1, 0.15) is 5.75 Å². The van der Waals surface area contributed by atoms with Gasteiger partial charge >= 0.3 is 5.97 Å². The molecule has 0 saturated carbocycles. The van der Waals surface area contributed by atoms with E-state index in [4.69, 9.17) is 9.84 Å². The van der Waals surface area contributed by atoms with Crippen LogP contribution >= 0.6 is 0 Å². The molecule has 3 aromatic rings. The van der Waals surface area contributed by atoms with E-state index < -0.39 is 11.9 Å². The van der Waals surface area contributed by atoms with Crippen LogP contribution in [0.4, 0.5) is 0 Å². The standard InChI is InChI=1S/C22H20N2O4/c25-21(15-28-19-11-10-16-6-4-5-9-18(16)14-19)24-23-20(12-13-22(26)27)17-7-2-1-3-8-17/h1-11,14H,12-13,15H2,(H,24,25)(H,26,27). The quantitative estimate of drug-likeness (QED) is 0.464. The highest BCUT2D eigenvalue weighted by Gasteiger charge is 2.08. The number of nitrogens with one attached hydrogen (secondary N) is 1. The summed E-state index contributed by atoms with van der Waals surface area (Å²) in [5.74, 6) is -0.751. The number of hydrogen-bond acceptors (Lipinski definition) is 4. The summed E-state index contributed by atoms with van der Waals surface area (Å²) in [7, 11) is 0. The minimum absolute atomic E-state index is 0.0722. The number of aliphatic carboxylic acids is 1. The number of carboxylic acids is 1. The first kappa shape index (κ1) is 19.1. The van der Waals surface area contributed by atoms with Crippen molar-refractivity contribution < 1.29 is 19.4 Å². The fraction of sp³-hybridized carbons (Fsp3) is 0.136. The molecule has 6 heteroatoms. The lowest BCUT2D eigenvalue weighted by Gasteiger charge is -2.08. The zero-order chi connectivity index (χ0) is 19.8. The molecule has 0 aliphatic heterocycles. The summed E-state index contributed by atoms with van der Waals surface area (Å²) in [6.45, 7) is -0.192. The van der Waals surface area contributed by atoms with Gasteiger partial charge in [-0.25, -0.2) is 5.43 Å². The second kappa shape index (κ2) is 9.32. The van der Waals surface area contributed by atoms with Crippen LogP contribution in [0.3, 0.4) is 0 Å². The van der Waals surface area contributed by atoms with Gasteiger partial charge in [0.15, 0.2) is 6.61 Å². The van der Waals surface area contributed by atoms with Crippen LogP contribution in [0.25, 0.3) is 10.8 Å². The van der Waals surface area contributed by atoms with Crippen molar-refractivity contribution in [3.8, 4) is 5.75 Å². The molecule has 0 aromatic heterocycles. The molecule has 2 N–H and O–H groups in total. The number of benzene rings is 3. The fourth-order valence-corrected chi connectivity index (χ4v) is 2.69. The average molecular weight is 376 g/mol. The van der Waals surface area contributed by atoms with E-state index in [1.807, 2.05) is 66.7 Å². The van der Waals surface area contributed by atoms with Crippen LogP contribution < -0.4 is 10.2 Å². The molecule has 3 aromatic carbocycles. The Hall–Kier alpha value is -3.67. The molecule has 0 saturated heterocycles. The van der Waals surface area contributed by atoms with Crippen molar-refractivity contribution in [1.82, 2.24) is 5.43 Å². The Balaban J connectivity index is 1.61. The van der Waals surface area contributed by atoms with Crippen molar-refractivity contribution in [1.29, 1.82) is 0 Å². The summed E-state index contributed by atoms with van der Waals surface area (Å²) >= 11 is 0. The van der Waals surface area contributed by atoms with Crippen molar-refractivity contribution >= 4 is 28.4 Å². The molecule has 0 fully saturated rings. The average Bonchev–Trinajstić information content (AvgIpc) is 2.72. The maximum atomic E-state index is 12.1. The van der Waals surface area contributed by atoms with Gasteiger partial charge in [-0.05, 0) is 28.5 Å². The maximum Gasteiger partial charge on any atom is 0.303 e. The first-order valence-corrected chi connectivity index (χ1v) is 8.86. The molecule has 28 heavy (non-hydrogen) atoms. The fourth-order valence-electron chi connectivity index (χ4n) is 2.69. The topological polar surface area (TPSA) is 88.0 Å². The van der Waals surface area contributed by atoms with E-state index in [1.54, 1.807) is 6.07 Å². The lowest BCUT2D eigenvalue weighted by molar-refractivity contribution is -0.136. The maximum absolute atomic E-state index is 12.1. The van der Waals surface area contributed by atoms with Crippen LogP contribution in [0.2, 0.25) is 0 Å². The van der Waals surface area contributed by atoms with E-state index in [0.29, 0.717) is 11.5 Å². The third-order valence-electron chi connectivity index (χ3n) is 4.09. The van der Waals surface area contributed by atoms with Crippen molar-refractivity contribution in [3.05, 3.63) is 78.4 Å². The van der Waals surface area contributed by atoms with Gasteiger partial charge < -0.3 is 9.84 Å². The highest BCUT2D eigenvalue weighted by atomic mass is 16.5. The predicted molar refractivity (Wildman–Crippen MR) is 107 cm³/mol. The molecule has 0 radical (unpaired) electrons. The second-order valence-corrected chi connectivity index (χ2v) is 6.15. The Labute approximate surface area is 162 Å². The monoisotopic (exact) mass is 376 g/mol. The molecular weight excluding hydrogens is 356 g/mol. The Morgan fingerprint density at radius 2 is 1.61 bits per heavy atom. The molecule has 0 aliphatic rings. The zero-order valence-electron chi connectivity index (χ0n) is 15.2. The number of carbonyl (C=O) groups is 2. The van der Waals surface area contributed by atoms with Gasteiger partial charge in [0.2, 0.25) is 0 Å². The lowest BCUT2D eigenvalue weighted by Crippen LogP contribution is -2.26. The minimum Gasteiger partial charge on any atom is -0.484 e. The molecule has 6 nitrogen and oxygen atoms in total. The van der Waals surface area contributed by atoms with Crippen molar-refractivity contribution in [2.75, 3.05) is 6.61 Å². The van der Waals surface area contributed by atoms with Crippen LogP contribution in [0.5, 0.6) is 5.75 Å². The Morgan fingerprint density at radius 3 is 2.36 bits per heavy atom. The Morgan fingerprint density at radius 1 is 0.893 bits per heavy atom. The number of carboxylic acid groups (broad SMARTS) is 1. The number of fused-ring (bicyclic) bond motifs is 1. The van der Waals surface area contributed by atoms with Gasteiger partial charge in [0, 0.05) is 6.42 Å². The van der Waals surface area contributed by atoms with Gasteiger partial charge in [-0.3, -0.25) is 9.59 Å². The third kappa shape index (κ3) is 5.41. The highest BCUT2D eigenvalue weighted by molar-refractivity contribution is 6.02. The molecule has 0 spiro atoms. The van der Waals surface area contributed by atoms with Crippen LogP contribution in [0, 0.1) is 0 Å². The van der Waals surface area contributed by atoms with E-state index >= 15 is 0 Å². The number of nitrogens with zero attached hydrogens (tertiary/aromatic N) is 1. The largest absolute Gasteiger partial charge is 0.484 e. The van der Waals surface area contributed by atoms with Crippen molar-refractivity contribution in [3.63, 3.8) is 0 Å². The first-order chi connectivity index (χ1) is 13.6. The molecular formula is C22H20N2O4. The van der Waals surface area contributed by atoms with Gasteiger partial charge in [0.25, 0.3) is 5.91 Å². The molecule has 0 aliphatic carbocycles. The van der Waals surface area contributed by atoms with Gasteiger partial charge in [-0.2, -0.15) is 5.10 Å². The van der Waals surface area contributed by atoms with E-state index in [1.165, 1.54) is 0 Å². The number of amides is 1. The summed E-state index contributed by atoms with van der Waals surface area (Å²) < 4.78 is 5.54. The second-order valence-electron chi connectivity index (χ2n) is 6.15. The normalized spacial score (nSPS) is 11.2. The molecule has 0 unspecified atom stereocenters. The number of rotatable bonds is 8. The summed E-state index contributed by atoms with van der Waals surface area (Å²) in [5, 5.41) is 15.1. The Kier molecular flexibility index (Phi) is 6.36. The highest BCUT2D eigenvalue weighted by Crippen LogP contribution is 2.20. The van der Waals surface area contributed by atoms with Crippen molar-refractivity contribution in [2.45, 2.75) is 12.8 Å². The SMILES string of the molecule is O=C(O)CCC(=NNC(=O)COc1ccc2ccccc2c1)c1ccccc1. The molecule has 0 atom stereocenters. The van der Waals surface area contributed by atoms with Crippen LogP contribution in [-0.4, -0.2) is 29.3 Å². The van der Waals surface area contributed by atoms with Crippen LogP contribution in [0.1, 0.15) is 18.4 Å². The smallest absolute Gasteiger partial charge is 0.303 e. The number of ether oxygens (including phenoxy) is 1. The zero-order valence-corrected chi connectivity index (χ0v) is 15.2. The van der Waals surface area contributed by atoms with Crippen molar-refractivity contribution in [2.24, 2.45) is 5.10 Å². The minimum atomic E-state index is -0.922. The summed E-state index contributed by atoms with van der Waals surface area (Å²) in [5.41, 5.74) is 3.71. The predicted octanol–water partition coefficient (Wildman–Crippen LogP) is 3.60. The van der Waals surface area contributed by atoms with E-state index in [-0.39, 0.29) is 19.4 Å².